The fourth-order valence-electron chi connectivity index (χ4n) is 1.94. The highest BCUT2D eigenvalue weighted by molar-refractivity contribution is 5.03. The van der Waals surface area contributed by atoms with Gasteiger partial charge in [0.25, 0.3) is 5.92 Å². The molecule has 0 radical (unpaired) electrons. The molecule has 12 heavy (non-hydrogen) atoms. The van der Waals surface area contributed by atoms with E-state index in [4.69, 9.17) is 0 Å². The standard InChI is InChI=1S/C10H18F2/c1-8(2,3)7-10(5-6-10)9(4,11)12/h5-7H2,1-4H3. The van der Waals surface area contributed by atoms with Crippen LogP contribution in [0.3, 0.4) is 0 Å². The molecule has 0 unspecified atom stereocenters. The van der Waals surface area contributed by atoms with Gasteiger partial charge in [0.15, 0.2) is 0 Å². The lowest BCUT2D eigenvalue weighted by Gasteiger charge is -2.30. The Kier molecular flexibility index (Phi) is 2.01. The molecule has 1 fully saturated rings. The number of halogens is 2. The van der Waals surface area contributed by atoms with Crippen molar-refractivity contribution in [2.24, 2.45) is 10.8 Å². The van der Waals surface area contributed by atoms with Gasteiger partial charge in [0.2, 0.25) is 0 Å². The molecule has 0 N–H and O–H groups in total. The minimum Gasteiger partial charge on any atom is -0.207 e. The van der Waals surface area contributed by atoms with Crippen LogP contribution in [0.25, 0.3) is 0 Å². The van der Waals surface area contributed by atoms with E-state index in [2.05, 4.69) is 0 Å². The first-order chi connectivity index (χ1) is 5.16. The molecule has 1 aliphatic carbocycles. The van der Waals surface area contributed by atoms with Crippen LogP contribution in [0.4, 0.5) is 8.78 Å². The van der Waals surface area contributed by atoms with Gasteiger partial charge in [0, 0.05) is 5.41 Å². The molecule has 0 aromatic heterocycles. The predicted octanol–water partition coefficient (Wildman–Crippen LogP) is 3.86. The smallest absolute Gasteiger partial charge is 0.207 e. The molecule has 0 bridgehead atoms. The van der Waals surface area contributed by atoms with E-state index >= 15 is 0 Å². The van der Waals surface area contributed by atoms with Gasteiger partial charge in [-0.25, -0.2) is 8.78 Å². The van der Waals surface area contributed by atoms with Crippen molar-refractivity contribution in [1.29, 1.82) is 0 Å². The summed E-state index contributed by atoms with van der Waals surface area (Å²) in [5.41, 5.74) is -0.638. The van der Waals surface area contributed by atoms with Gasteiger partial charge < -0.3 is 0 Å². The molecule has 1 saturated carbocycles. The van der Waals surface area contributed by atoms with Gasteiger partial charge in [-0.05, 0) is 31.6 Å². The average Bonchev–Trinajstić information content (AvgIpc) is 2.39. The van der Waals surface area contributed by atoms with E-state index in [1.807, 2.05) is 20.8 Å². The van der Waals surface area contributed by atoms with Crippen molar-refractivity contribution in [1.82, 2.24) is 0 Å². The normalized spacial score (nSPS) is 22.5. The SMILES string of the molecule is CC(C)(C)CC1(C(C)(F)F)CC1. The lowest BCUT2D eigenvalue weighted by molar-refractivity contribution is -0.0693. The van der Waals surface area contributed by atoms with Crippen molar-refractivity contribution in [3.05, 3.63) is 0 Å². The van der Waals surface area contributed by atoms with Crippen LogP contribution in [-0.4, -0.2) is 5.92 Å². The molecular formula is C10H18F2. The highest BCUT2D eigenvalue weighted by Gasteiger charge is 2.59. The summed E-state index contributed by atoms with van der Waals surface area (Å²) < 4.78 is 26.2. The minimum atomic E-state index is -2.49. The van der Waals surface area contributed by atoms with Gasteiger partial charge in [-0.1, -0.05) is 20.8 Å². The second kappa shape index (κ2) is 2.43. The Hall–Kier alpha value is -0.140. The summed E-state index contributed by atoms with van der Waals surface area (Å²) in [5, 5.41) is 0. The van der Waals surface area contributed by atoms with Gasteiger partial charge in [0.1, 0.15) is 0 Å². The number of alkyl halides is 2. The second-order valence-electron chi connectivity index (χ2n) is 5.41. The van der Waals surface area contributed by atoms with Crippen LogP contribution in [0.2, 0.25) is 0 Å². The summed E-state index contributed by atoms with van der Waals surface area (Å²) in [6.07, 6.45) is 2.05. The van der Waals surface area contributed by atoms with E-state index < -0.39 is 11.3 Å². The molecule has 0 aromatic carbocycles. The molecule has 0 nitrogen and oxygen atoms in total. The Balaban J connectivity index is 2.63. The molecule has 0 saturated heterocycles. The Morgan fingerprint density at radius 1 is 1.08 bits per heavy atom. The lowest BCUT2D eigenvalue weighted by atomic mass is 9.80. The molecule has 0 amide bonds. The van der Waals surface area contributed by atoms with Gasteiger partial charge in [-0.15, -0.1) is 0 Å². The zero-order valence-corrected chi connectivity index (χ0v) is 8.38. The Labute approximate surface area is 73.3 Å². The average molecular weight is 176 g/mol. The summed E-state index contributed by atoms with van der Waals surface area (Å²) >= 11 is 0. The summed E-state index contributed by atoms with van der Waals surface area (Å²) in [7, 11) is 0. The number of hydrogen-bond acceptors (Lipinski definition) is 0. The van der Waals surface area contributed by atoms with Crippen molar-refractivity contribution >= 4 is 0 Å². The van der Waals surface area contributed by atoms with Crippen LogP contribution in [-0.2, 0) is 0 Å². The van der Waals surface area contributed by atoms with Crippen LogP contribution in [0.15, 0.2) is 0 Å². The highest BCUT2D eigenvalue weighted by atomic mass is 19.3. The molecule has 1 aliphatic rings. The summed E-state index contributed by atoms with van der Waals surface area (Å²) in [6.45, 7) is 7.14. The first-order valence-electron chi connectivity index (χ1n) is 4.54. The quantitative estimate of drug-likeness (QED) is 0.599. The second-order valence-corrected chi connectivity index (χ2v) is 5.41. The van der Waals surface area contributed by atoms with Gasteiger partial charge >= 0.3 is 0 Å². The Bertz CT molecular complexity index is 167. The van der Waals surface area contributed by atoms with Gasteiger partial charge in [-0.2, -0.15) is 0 Å². The predicted molar refractivity (Wildman–Crippen MR) is 46.4 cm³/mol. The first-order valence-corrected chi connectivity index (χ1v) is 4.54. The molecule has 0 atom stereocenters. The van der Waals surface area contributed by atoms with Gasteiger partial charge in [-0.3, -0.25) is 0 Å². The molecule has 0 spiro atoms. The maximum atomic E-state index is 13.1. The van der Waals surface area contributed by atoms with Crippen LogP contribution < -0.4 is 0 Å². The Morgan fingerprint density at radius 3 is 1.58 bits per heavy atom. The van der Waals surface area contributed by atoms with E-state index in [-0.39, 0.29) is 5.41 Å². The number of rotatable bonds is 2. The van der Waals surface area contributed by atoms with Crippen molar-refractivity contribution in [2.45, 2.75) is 52.9 Å². The van der Waals surface area contributed by atoms with E-state index in [1.165, 1.54) is 0 Å². The molecule has 0 aliphatic heterocycles. The molecule has 0 aromatic rings. The first kappa shape index (κ1) is 9.94. The zero-order valence-electron chi connectivity index (χ0n) is 8.38. The third-order valence-corrected chi connectivity index (χ3v) is 2.65. The minimum absolute atomic E-state index is 0.0237. The fourth-order valence-corrected chi connectivity index (χ4v) is 1.94. The summed E-state index contributed by atoms with van der Waals surface area (Å²) in [4.78, 5) is 0. The van der Waals surface area contributed by atoms with Crippen molar-refractivity contribution in [3.8, 4) is 0 Å². The third kappa shape index (κ3) is 1.96. The molecule has 1 rings (SSSR count). The summed E-state index contributed by atoms with van der Waals surface area (Å²) in [6, 6.07) is 0. The van der Waals surface area contributed by atoms with Crippen LogP contribution in [0.1, 0.15) is 47.0 Å². The monoisotopic (exact) mass is 176 g/mol. The lowest BCUT2D eigenvalue weighted by Crippen LogP contribution is -2.30. The molecule has 0 heterocycles. The molecule has 2 heteroatoms. The highest BCUT2D eigenvalue weighted by Crippen LogP contribution is 2.61. The third-order valence-electron chi connectivity index (χ3n) is 2.65. The van der Waals surface area contributed by atoms with E-state index in [0.717, 1.165) is 6.92 Å². The van der Waals surface area contributed by atoms with Crippen LogP contribution in [0.5, 0.6) is 0 Å². The molecule has 72 valence electrons. The maximum Gasteiger partial charge on any atom is 0.250 e. The largest absolute Gasteiger partial charge is 0.250 e. The zero-order chi connectivity index (χ0) is 9.62. The van der Waals surface area contributed by atoms with Gasteiger partial charge in [0.05, 0.1) is 0 Å². The van der Waals surface area contributed by atoms with Crippen molar-refractivity contribution in [2.75, 3.05) is 0 Å². The molecular weight excluding hydrogens is 158 g/mol. The maximum absolute atomic E-state index is 13.1. The van der Waals surface area contributed by atoms with Crippen molar-refractivity contribution in [3.63, 3.8) is 0 Å². The van der Waals surface area contributed by atoms with Crippen LogP contribution in [0, 0.1) is 10.8 Å². The van der Waals surface area contributed by atoms with Crippen LogP contribution >= 0.6 is 0 Å². The van der Waals surface area contributed by atoms with E-state index in [1.54, 1.807) is 0 Å². The van der Waals surface area contributed by atoms with E-state index in [0.29, 0.717) is 19.3 Å². The van der Waals surface area contributed by atoms with Crippen molar-refractivity contribution < 1.29 is 8.78 Å². The Morgan fingerprint density at radius 2 is 1.50 bits per heavy atom. The fraction of sp³-hybridized carbons (Fsp3) is 1.00. The summed E-state index contributed by atoms with van der Waals surface area (Å²) in [5.74, 6) is -2.49. The topological polar surface area (TPSA) is 0 Å². The van der Waals surface area contributed by atoms with E-state index in [9.17, 15) is 8.78 Å². The number of hydrogen-bond donors (Lipinski definition) is 0.